The molecule has 0 radical (unpaired) electrons. The number of hydrogen-bond acceptors (Lipinski definition) is 3. The lowest BCUT2D eigenvalue weighted by Gasteiger charge is -2.32. The van der Waals surface area contributed by atoms with Crippen molar-refractivity contribution in [2.75, 3.05) is 6.61 Å². The predicted molar refractivity (Wildman–Crippen MR) is 68.8 cm³/mol. The van der Waals surface area contributed by atoms with Crippen LogP contribution in [0.1, 0.15) is 47.5 Å². The monoisotopic (exact) mass is 238 g/mol. The van der Waals surface area contributed by atoms with Crippen LogP contribution in [0.5, 0.6) is 0 Å². The van der Waals surface area contributed by atoms with Crippen molar-refractivity contribution >= 4 is 7.12 Å². The molecule has 0 amide bonds. The van der Waals surface area contributed by atoms with Crippen LogP contribution in [0.2, 0.25) is 0 Å². The van der Waals surface area contributed by atoms with E-state index in [0.717, 1.165) is 19.4 Å². The molecule has 96 valence electrons. The highest BCUT2D eigenvalue weighted by Crippen LogP contribution is 2.37. The Morgan fingerprint density at radius 3 is 2.29 bits per heavy atom. The minimum Gasteiger partial charge on any atom is -0.400 e. The minimum absolute atomic E-state index is 0.208. The first-order valence-electron chi connectivity index (χ1n) is 6.47. The fourth-order valence-corrected chi connectivity index (χ4v) is 2.22. The molecule has 17 heavy (non-hydrogen) atoms. The van der Waals surface area contributed by atoms with Crippen molar-refractivity contribution in [3.63, 3.8) is 0 Å². The summed E-state index contributed by atoms with van der Waals surface area (Å²) in [5.41, 5.74) is 0.902. The molecule has 4 heteroatoms. The highest BCUT2D eigenvalue weighted by molar-refractivity contribution is 6.51. The van der Waals surface area contributed by atoms with Gasteiger partial charge in [-0.3, -0.25) is 0 Å². The summed E-state index contributed by atoms with van der Waals surface area (Å²) in [6, 6.07) is 0. The molecule has 1 atom stereocenters. The first-order chi connectivity index (χ1) is 7.80. The molecule has 0 aliphatic carbocycles. The van der Waals surface area contributed by atoms with E-state index >= 15 is 0 Å². The molecule has 0 bridgehead atoms. The van der Waals surface area contributed by atoms with Crippen LogP contribution in [-0.2, 0) is 14.0 Å². The molecular formula is C13H23BO3. The van der Waals surface area contributed by atoms with Gasteiger partial charge in [0.05, 0.1) is 23.9 Å². The molecule has 2 fully saturated rings. The molecule has 0 aromatic carbocycles. The molecule has 0 N–H and O–H groups in total. The Hall–Kier alpha value is -0.315. The zero-order valence-electron chi connectivity index (χ0n) is 11.6. The molecular weight excluding hydrogens is 215 g/mol. The van der Waals surface area contributed by atoms with Crippen molar-refractivity contribution in [1.82, 2.24) is 0 Å². The summed E-state index contributed by atoms with van der Waals surface area (Å²) >= 11 is 0. The van der Waals surface area contributed by atoms with Gasteiger partial charge in [-0.15, -0.1) is 0 Å². The number of rotatable bonds is 1. The number of ether oxygens (including phenoxy) is 1. The van der Waals surface area contributed by atoms with Crippen LogP contribution in [0.3, 0.4) is 0 Å². The fourth-order valence-electron chi connectivity index (χ4n) is 2.22. The summed E-state index contributed by atoms with van der Waals surface area (Å²) < 4.78 is 17.5. The van der Waals surface area contributed by atoms with Gasteiger partial charge < -0.3 is 14.0 Å². The molecule has 0 saturated carbocycles. The Morgan fingerprint density at radius 2 is 1.76 bits per heavy atom. The quantitative estimate of drug-likeness (QED) is 0.657. The normalized spacial score (nSPS) is 34.3. The Balaban J connectivity index is 2.04. The van der Waals surface area contributed by atoms with Gasteiger partial charge in [0.1, 0.15) is 0 Å². The van der Waals surface area contributed by atoms with Crippen LogP contribution >= 0.6 is 0 Å². The highest BCUT2D eigenvalue weighted by Gasteiger charge is 2.50. The van der Waals surface area contributed by atoms with Crippen LogP contribution in [0.25, 0.3) is 0 Å². The van der Waals surface area contributed by atoms with E-state index < -0.39 is 0 Å². The molecule has 1 unspecified atom stereocenters. The molecule has 2 rings (SSSR count). The van der Waals surface area contributed by atoms with Crippen molar-refractivity contribution in [3.8, 4) is 0 Å². The number of hydrogen-bond donors (Lipinski definition) is 0. The van der Waals surface area contributed by atoms with Gasteiger partial charge in [-0.2, -0.15) is 0 Å². The third kappa shape index (κ3) is 2.75. The maximum Gasteiger partial charge on any atom is 0.487 e. The molecule has 2 aliphatic heterocycles. The van der Waals surface area contributed by atoms with Gasteiger partial charge in [0.15, 0.2) is 0 Å². The van der Waals surface area contributed by atoms with Gasteiger partial charge in [0.2, 0.25) is 0 Å². The van der Waals surface area contributed by atoms with E-state index in [2.05, 4.69) is 40.6 Å². The van der Waals surface area contributed by atoms with Crippen molar-refractivity contribution in [3.05, 3.63) is 11.5 Å². The highest BCUT2D eigenvalue weighted by atomic mass is 16.7. The topological polar surface area (TPSA) is 27.7 Å². The second-order valence-electron chi connectivity index (χ2n) is 6.09. The second kappa shape index (κ2) is 4.41. The SMILES string of the molecule is CC1CC(=CB2OC(C)(C)C(C)(C)O2)CCO1. The van der Waals surface area contributed by atoms with E-state index in [0.29, 0.717) is 6.10 Å². The van der Waals surface area contributed by atoms with Gasteiger partial charge in [0.25, 0.3) is 0 Å². The van der Waals surface area contributed by atoms with E-state index in [9.17, 15) is 0 Å². The van der Waals surface area contributed by atoms with E-state index in [1.807, 2.05) is 0 Å². The maximum absolute atomic E-state index is 5.96. The Kier molecular flexibility index (Phi) is 3.41. The van der Waals surface area contributed by atoms with Gasteiger partial charge in [0, 0.05) is 0 Å². The Labute approximate surface area is 105 Å². The van der Waals surface area contributed by atoms with Gasteiger partial charge >= 0.3 is 7.12 Å². The second-order valence-corrected chi connectivity index (χ2v) is 6.09. The zero-order chi connectivity index (χ0) is 12.7. The van der Waals surface area contributed by atoms with Crippen molar-refractivity contribution < 1.29 is 14.0 Å². The van der Waals surface area contributed by atoms with Crippen LogP contribution in [-0.4, -0.2) is 31.0 Å². The van der Waals surface area contributed by atoms with Crippen LogP contribution in [0, 0.1) is 0 Å². The summed E-state index contributed by atoms with van der Waals surface area (Å²) in [5, 5.41) is 0. The van der Waals surface area contributed by atoms with Crippen LogP contribution < -0.4 is 0 Å². The van der Waals surface area contributed by atoms with Crippen molar-refractivity contribution in [2.45, 2.75) is 64.8 Å². The summed E-state index contributed by atoms with van der Waals surface area (Å²) in [4.78, 5) is 0. The lowest BCUT2D eigenvalue weighted by Crippen LogP contribution is -2.41. The van der Waals surface area contributed by atoms with E-state index in [-0.39, 0.29) is 18.3 Å². The standard InChI is InChI=1S/C13H23BO3/c1-10-8-11(6-7-15-10)9-14-16-12(2,3)13(4,5)17-14/h9-10H,6-8H2,1-5H3. The minimum atomic E-state index is -0.245. The van der Waals surface area contributed by atoms with Gasteiger partial charge in [-0.25, -0.2) is 0 Å². The summed E-state index contributed by atoms with van der Waals surface area (Å²) in [6.07, 6.45) is 2.30. The van der Waals surface area contributed by atoms with Crippen molar-refractivity contribution in [2.24, 2.45) is 0 Å². The molecule has 0 aromatic heterocycles. The summed E-state index contributed by atoms with van der Waals surface area (Å²) in [5.74, 6) is 2.13. The average Bonchev–Trinajstić information content (AvgIpc) is 2.34. The molecule has 2 saturated heterocycles. The Bertz CT molecular complexity index is 307. The largest absolute Gasteiger partial charge is 0.487 e. The molecule has 2 heterocycles. The lowest BCUT2D eigenvalue weighted by molar-refractivity contribution is 0.00578. The maximum atomic E-state index is 5.96. The van der Waals surface area contributed by atoms with Gasteiger partial charge in [-0.05, 0) is 47.5 Å². The zero-order valence-corrected chi connectivity index (χ0v) is 11.6. The van der Waals surface area contributed by atoms with E-state index in [1.165, 1.54) is 5.57 Å². The van der Waals surface area contributed by atoms with E-state index in [1.54, 1.807) is 0 Å². The predicted octanol–water partition coefficient (Wildman–Crippen LogP) is 2.74. The van der Waals surface area contributed by atoms with Crippen LogP contribution in [0.4, 0.5) is 0 Å². The lowest BCUT2D eigenvalue weighted by atomic mass is 9.84. The average molecular weight is 238 g/mol. The molecule has 0 aromatic rings. The van der Waals surface area contributed by atoms with Gasteiger partial charge in [-0.1, -0.05) is 11.5 Å². The fraction of sp³-hybridized carbons (Fsp3) is 0.846. The van der Waals surface area contributed by atoms with Crippen molar-refractivity contribution in [1.29, 1.82) is 0 Å². The van der Waals surface area contributed by atoms with E-state index in [4.69, 9.17) is 14.0 Å². The van der Waals surface area contributed by atoms with Crippen LogP contribution in [0.15, 0.2) is 11.5 Å². The first-order valence-corrected chi connectivity index (χ1v) is 6.47. The third-order valence-corrected chi connectivity index (χ3v) is 4.02. The molecule has 0 spiro atoms. The smallest absolute Gasteiger partial charge is 0.400 e. The summed E-state index contributed by atoms with van der Waals surface area (Å²) in [7, 11) is -0.208. The first kappa shape index (κ1) is 13.1. The Morgan fingerprint density at radius 1 is 1.18 bits per heavy atom. The summed E-state index contributed by atoms with van der Waals surface area (Å²) in [6.45, 7) is 11.2. The molecule has 2 aliphatic rings. The third-order valence-electron chi connectivity index (χ3n) is 4.02. The molecule has 3 nitrogen and oxygen atoms in total.